The molecule has 6 nitrogen and oxygen atoms in total. The predicted molar refractivity (Wildman–Crippen MR) is 83.7 cm³/mol. The number of carbonyl (C=O) groups is 3. The number of benzene rings is 1. The third-order valence-corrected chi connectivity index (χ3v) is 3.19. The number of carboxylic acid groups (broad SMARTS) is 1. The summed E-state index contributed by atoms with van der Waals surface area (Å²) < 4.78 is 0. The molecule has 1 aromatic rings. The van der Waals surface area contributed by atoms with Crippen LogP contribution in [0.15, 0.2) is 24.3 Å². The first-order valence-electron chi connectivity index (χ1n) is 7.33. The molecule has 22 heavy (non-hydrogen) atoms. The first-order chi connectivity index (χ1) is 10.4. The smallest absolute Gasteiger partial charge is 0.310 e. The lowest BCUT2D eigenvalue weighted by atomic mass is 10.0. The van der Waals surface area contributed by atoms with Crippen molar-refractivity contribution >= 4 is 23.5 Å². The predicted octanol–water partition coefficient (Wildman–Crippen LogP) is 2.12. The molecule has 0 saturated carbocycles. The van der Waals surface area contributed by atoms with Crippen molar-refractivity contribution in [2.24, 2.45) is 0 Å². The van der Waals surface area contributed by atoms with E-state index in [1.165, 1.54) is 0 Å². The number of rotatable bonds is 8. The van der Waals surface area contributed by atoms with Gasteiger partial charge in [0.15, 0.2) is 0 Å². The standard InChI is InChI=1S/C16H22N2O4/c1-3-9-17-14(19)7-8-15(20)18-13-6-4-5-12(10-13)11(2)16(21)22/h4-6,10-11H,3,7-9H2,1-2H3,(H,17,19)(H,18,20)(H,21,22). The van der Waals surface area contributed by atoms with Gasteiger partial charge in [-0.25, -0.2) is 0 Å². The third-order valence-electron chi connectivity index (χ3n) is 3.19. The summed E-state index contributed by atoms with van der Waals surface area (Å²) in [5.41, 5.74) is 1.15. The topological polar surface area (TPSA) is 95.5 Å². The van der Waals surface area contributed by atoms with E-state index in [-0.39, 0.29) is 24.7 Å². The highest BCUT2D eigenvalue weighted by atomic mass is 16.4. The molecule has 120 valence electrons. The maximum Gasteiger partial charge on any atom is 0.310 e. The number of amides is 2. The summed E-state index contributed by atoms with van der Waals surface area (Å²) in [4.78, 5) is 34.2. The number of nitrogens with one attached hydrogen (secondary N) is 2. The fourth-order valence-corrected chi connectivity index (χ4v) is 1.83. The Kier molecular flexibility index (Phi) is 7.08. The van der Waals surface area contributed by atoms with Crippen LogP contribution in [0.25, 0.3) is 0 Å². The van der Waals surface area contributed by atoms with Gasteiger partial charge in [0.25, 0.3) is 0 Å². The molecule has 1 rings (SSSR count). The van der Waals surface area contributed by atoms with Gasteiger partial charge < -0.3 is 15.7 Å². The highest BCUT2D eigenvalue weighted by Crippen LogP contribution is 2.19. The molecule has 0 radical (unpaired) electrons. The number of anilines is 1. The zero-order valence-electron chi connectivity index (χ0n) is 12.9. The van der Waals surface area contributed by atoms with Gasteiger partial charge in [-0.05, 0) is 31.0 Å². The molecule has 0 aliphatic heterocycles. The van der Waals surface area contributed by atoms with E-state index in [1.807, 2.05) is 6.92 Å². The SMILES string of the molecule is CCCNC(=O)CCC(=O)Nc1cccc(C(C)C(=O)O)c1. The van der Waals surface area contributed by atoms with Crippen LogP contribution < -0.4 is 10.6 Å². The molecule has 0 spiro atoms. The number of aliphatic carboxylic acids is 1. The van der Waals surface area contributed by atoms with Crippen LogP contribution >= 0.6 is 0 Å². The highest BCUT2D eigenvalue weighted by molar-refractivity contribution is 5.93. The van der Waals surface area contributed by atoms with Crippen molar-refractivity contribution in [3.63, 3.8) is 0 Å². The van der Waals surface area contributed by atoms with Crippen molar-refractivity contribution in [1.29, 1.82) is 0 Å². The third kappa shape index (κ3) is 5.95. The van der Waals surface area contributed by atoms with Gasteiger partial charge in [0.05, 0.1) is 5.92 Å². The molecule has 2 amide bonds. The summed E-state index contributed by atoms with van der Waals surface area (Å²) >= 11 is 0. The van der Waals surface area contributed by atoms with Crippen molar-refractivity contribution in [2.75, 3.05) is 11.9 Å². The average molecular weight is 306 g/mol. The Morgan fingerprint density at radius 3 is 2.50 bits per heavy atom. The number of hydrogen-bond donors (Lipinski definition) is 3. The lowest BCUT2D eigenvalue weighted by Gasteiger charge is -2.10. The van der Waals surface area contributed by atoms with Crippen LogP contribution in [0, 0.1) is 0 Å². The average Bonchev–Trinajstić information content (AvgIpc) is 2.50. The summed E-state index contributed by atoms with van der Waals surface area (Å²) in [7, 11) is 0. The van der Waals surface area contributed by atoms with Gasteiger partial charge in [0.1, 0.15) is 0 Å². The van der Waals surface area contributed by atoms with Gasteiger partial charge in [0, 0.05) is 25.1 Å². The van der Waals surface area contributed by atoms with Crippen LogP contribution in [0.3, 0.4) is 0 Å². The second-order valence-corrected chi connectivity index (χ2v) is 5.08. The Hall–Kier alpha value is -2.37. The summed E-state index contributed by atoms with van der Waals surface area (Å²) in [6.45, 7) is 4.15. The van der Waals surface area contributed by atoms with Crippen LogP contribution in [-0.4, -0.2) is 29.4 Å². The minimum atomic E-state index is -0.920. The summed E-state index contributed by atoms with van der Waals surface area (Å²) in [6.07, 6.45) is 1.08. The number of carbonyl (C=O) groups excluding carboxylic acids is 2. The molecule has 0 aliphatic rings. The minimum Gasteiger partial charge on any atom is -0.481 e. The largest absolute Gasteiger partial charge is 0.481 e. The van der Waals surface area contributed by atoms with Crippen molar-refractivity contribution in [1.82, 2.24) is 5.32 Å². The Morgan fingerprint density at radius 2 is 1.86 bits per heavy atom. The van der Waals surface area contributed by atoms with Gasteiger partial charge in [-0.2, -0.15) is 0 Å². The normalized spacial score (nSPS) is 11.5. The zero-order chi connectivity index (χ0) is 16.5. The van der Waals surface area contributed by atoms with Crippen molar-refractivity contribution < 1.29 is 19.5 Å². The molecule has 0 fully saturated rings. The summed E-state index contributed by atoms with van der Waals surface area (Å²) in [5, 5.41) is 14.4. The second-order valence-electron chi connectivity index (χ2n) is 5.08. The Morgan fingerprint density at radius 1 is 1.18 bits per heavy atom. The maximum absolute atomic E-state index is 11.8. The lowest BCUT2D eigenvalue weighted by molar-refractivity contribution is -0.138. The highest BCUT2D eigenvalue weighted by Gasteiger charge is 2.14. The van der Waals surface area contributed by atoms with Crippen LogP contribution in [0.2, 0.25) is 0 Å². The number of hydrogen-bond acceptors (Lipinski definition) is 3. The summed E-state index contributed by atoms with van der Waals surface area (Å²) in [6, 6.07) is 6.71. The molecule has 3 N–H and O–H groups in total. The van der Waals surface area contributed by atoms with Crippen molar-refractivity contribution in [3.05, 3.63) is 29.8 Å². The van der Waals surface area contributed by atoms with E-state index in [2.05, 4.69) is 10.6 Å². The monoisotopic (exact) mass is 306 g/mol. The molecule has 0 bridgehead atoms. The second kappa shape index (κ2) is 8.81. The lowest BCUT2D eigenvalue weighted by Crippen LogP contribution is -2.25. The number of carboxylic acids is 1. The van der Waals surface area contributed by atoms with Gasteiger partial charge in [-0.3, -0.25) is 14.4 Å². The van der Waals surface area contributed by atoms with Crippen LogP contribution in [0.4, 0.5) is 5.69 Å². The van der Waals surface area contributed by atoms with Gasteiger partial charge in [-0.1, -0.05) is 19.1 Å². The van der Waals surface area contributed by atoms with E-state index in [0.29, 0.717) is 17.8 Å². The fraction of sp³-hybridized carbons (Fsp3) is 0.438. The molecule has 0 heterocycles. The van der Waals surface area contributed by atoms with E-state index in [0.717, 1.165) is 6.42 Å². The Bertz CT molecular complexity index is 543. The quantitative estimate of drug-likeness (QED) is 0.685. The molecule has 1 atom stereocenters. The first kappa shape index (κ1) is 17.7. The molecule has 0 aromatic heterocycles. The summed E-state index contributed by atoms with van der Waals surface area (Å²) in [5.74, 6) is -1.98. The Labute approximate surface area is 129 Å². The van der Waals surface area contributed by atoms with Gasteiger partial charge in [0.2, 0.25) is 11.8 Å². The zero-order valence-corrected chi connectivity index (χ0v) is 12.9. The van der Waals surface area contributed by atoms with Crippen LogP contribution in [0.1, 0.15) is 44.6 Å². The molecule has 0 aliphatic carbocycles. The molecule has 0 saturated heterocycles. The van der Waals surface area contributed by atoms with Crippen LogP contribution in [0.5, 0.6) is 0 Å². The van der Waals surface area contributed by atoms with E-state index in [9.17, 15) is 14.4 Å². The molecule has 1 aromatic carbocycles. The van der Waals surface area contributed by atoms with E-state index < -0.39 is 11.9 Å². The van der Waals surface area contributed by atoms with E-state index in [4.69, 9.17) is 5.11 Å². The van der Waals surface area contributed by atoms with E-state index in [1.54, 1.807) is 31.2 Å². The van der Waals surface area contributed by atoms with Gasteiger partial charge in [-0.15, -0.1) is 0 Å². The molecule has 1 unspecified atom stereocenters. The van der Waals surface area contributed by atoms with Crippen LogP contribution in [-0.2, 0) is 14.4 Å². The minimum absolute atomic E-state index is 0.0915. The molecular weight excluding hydrogens is 284 g/mol. The Balaban J connectivity index is 2.52. The fourth-order valence-electron chi connectivity index (χ4n) is 1.83. The van der Waals surface area contributed by atoms with Gasteiger partial charge >= 0.3 is 5.97 Å². The first-order valence-corrected chi connectivity index (χ1v) is 7.33. The van der Waals surface area contributed by atoms with Crippen molar-refractivity contribution in [3.8, 4) is 0 Å². The van der Waals surface area contributed by atoms with Crippen molar-refractivity contribution in [2.45, 2.75) is 39.0 Å². The maximum atomic E-state index is 11.8. The molecule has 6 heteroatoms. The van der Waals surface area contributed by atoms with E-state index >= 15 is 0 Å². The molecular formula is C16H22N2O4.